The van der Waals surface area contributed by atoms with E-state index in [1.54, 1.807) is 6.07 Å². The summed E-state index contributed by atoms with van der Waals surface area (Å²) in [4.78, 5) is 0. The van der Waals surface area contributed by atoms with E-state index in [9.17, 15) is 4.39 Å². The molecule has 0 heterocycles. The first kappa shape index (κ1) is 14.3. The summed E-state index contributed by atoms with van der Waals surface area (Å²) in [6.07, 6.45) is 6.00. The summed E-state index contributed by atoms with van der Waals surface area (Å²) in [5.41, 5.74) is 6.72. The Balaban J connectivity index is 1.89. The van der Waals surface area contributed by atoms with Gasteiger partial charge in [-0.2, -0.15) is 0 Å². The quantitative estimate of drug-likeness (QED) is 0.844. The third-order valence-electron chi connectivity index (χ3n) is 4.71. The van der Waals surface area contributed by atoms with E-state index >= 15 is 0 Å². The van der Waals surface area contributed by atoms with Crippen molar-refractivity contribution in [3.63, 3.8) is 0 Å². The summed E-state index contributed by atoms with van der Waals surface area (Å²) in [7, 11) is 0. The van der Waals surface area contributed by atoms with Gasteiger partial charge in [0.05, 0.1) is 5.02 Å². The molecule has 110 valence electrons. The maximum absolute atomic E-state index is 14.4. The van der Waals surface area contributed by atoms with Gasteiger partial charge in [-0.1, -0.05) is 30.2 Å². The molecule has 4 heteroatoms. The number of nitrogens with one attached hydrogen (secondary N) is 1. The van der Waals surface area contributed by atoms with E-state index in [2.05, 4.69) is 5.32 Å². The Labute approximate surface area is 124 Å². The fraction of sp³-hybridized carbons (Fsp3) is 0.625. The van der Waals surface area contributed by atoms with Crippen molar-refractivity contribution in [3.8, 4) is 0 Å². The molecule has 0 saturated heterocycles. The van der Waals surface area contributed by atoms with Gasteiger partial charge in [-0.05, 0) is 43.2 Å². The van der Waals surface area contributed by atoms with Crippen LogP contribution in [0, 0.1) is 11.7 Å². The molecule has 0 amide bonds. The van der Waals surface area contributed by atoms with E-state index in [4.69, 9.17) is 17.3 Å². The van der Waals surface area contributed by atoms with E-state index in [1.165, 1.54) is 32.1 Å². The van der Waals surface area contributed by atoms with Crippen LogP contribution in [0.25, 0.3) is 0 Å². The van der Waals surface area contributed by atoms with Crippen molar-refractivity contribution in [2.75, 3.05) is 6.54 Å². The molecule has 3 rings (SSSR count). The highest BCUT2D eigenvalue weighted by Crippen LogP contribution is 2.43. The van der Waals surface area contributed by atoms with Crippen molar-refractivity contribution in [3.05, 3.63) is 34.6 Å². The van der Waals surface area contributed by atoms with E-state index in [1.807, 2.05) is 12.1 Å². The minimum absolute atomic E-state index is 0.146. The van der Waals surface area contributed by atoms with Gasteiger partial charge < -0.3 is 11.1 Å². The van der Waals surface area contributed by atoms with E-state index in [0.29, 0.717) is 18.5 Å². The van der Waals surface area contributed by atoms with Gasteiger partial charge in [0.2, 0.25) is 0 Å². The third kappa shape index (κ3) is 2.85. The Hall–Kier alpha value is -0.640. The van der Waals surface area contributed by atoms with Crippen LogP contribution in [0.5, 0.6) is 0 Å². The maximum Gasteiger partial charge on any atom is 0.145 e. The smallest absolute Gasteiger partial charge is 0.145 e. The molecule has 2 nitrogen and oxygen atoms in total. The molecular formula is C16H22ClFN2. The molecule has 1 aromatic rings. The second-order valence-corrected chi connectivity index (χ2v) is 6.55. The number of nitrogens with two attached hydrogens (primary N) is 1. The predicted molar refractivity (Wildman–Crippen MR) is 80.5 cm³/mol. The molecule has 2 aliphatic rings. The van der Waals surface area contributed by atoms with Crippen molar-refractivity contribution in [1.82, 2.24) is 5.32 Å². The highest BCUT2D eigenvalue weighted by Gasteiger charge is 2.37. The summed E-state index contributed by atoms with van der Waals surface area (Å²) in [6.45, 7) is 0.545. The number of benzene rings is 1. The molecule has 2 fully saturated rings. The fourth-order valence-corrected chi connectivity index (χ4v) is 3.43. The van der Waals surface area contributed by atoms with Crippen LogP contribution >= 0.6 is 11.6 Å². The monoisotopic (exact) mass is 296 g/mol. The van der Waals surface area contributed by atoms with Gasteiger partial charge in [-0.25, -0.2) is 4.39 Å². The first-order chi connectivity index (χ1) is 9.70. The van der Waals surface area contributed by atoms with Crippen molar-refractivity contribution in [2.24, 2.45) is 11.7 Å². The topological polar surface area (TPSA) is 38.0 Å². The Morgan fingerprint density at radius 3 is 2.60 bits per heavy atom. The molecule has 0 bridgehead atoms. The fourth-order valence-electron chi connectivity index (χ4n) is 3.25. The summed E-state index contributed by atoms with van der Waals surface area (Å²) in [6, 6.07) is 6.07. The van der Waals surface area contributed by atoms with Crippen LogP contribution in [0.2, 0.25) is 5.02 Å². The van der Waals surface area contributed by atoms with Gasteiger partial charge >= 0.3 is 0 Å². The Kier molecular flexibility index (Phi) is 4.29. The molecular weight excluding hydrogens is 275 g/mol. The van der Waals surface area contributed by atoms with Gasteiger partial charge in [0.1, 0.15) is 5.82 Å². The van der Waals surface area contributed by atoms with Crippen LogP contribution in [0.4, 0.5) is 4.39 Å². The van der Waals surface area contributed by atoms with Crippen molar-refractivity contribution >= 4 is 11.6 Å². The minimum Gasteiger partial charge on any atom is -0.329 e. The third-order valence-corrected chi connectivity index (χ3v) is 5.00. The number of halogens is 2. The average Bonchev–Trinajstić information content (AvgIpc) is 3.19. The zero-order chi connectivity index (χ0) is 14.1. The van der Waals surface area contributed by atoms with E-state index in [-0.39, 0.29) is 22.8 Å². The van der Waals surface area contributed by atoms with Gasteiger partial charge in [0.25, 0.3) is 0 Å². The Morgan fingerprint density at radius 2 is 2.05 bits per heavy atom. The normalized spacial score (nSPS) is 22.4. The van der Waals surface area contributed by atoms with Crippen molar-refractivity contribution in [2.45, 2.75) is 50.1 Å². The van der Waals surface area contributed by atoms with Crippen LogP contribution in [0.1, 0.15) is 43.6 Å². The van der Waals surface area contributed by atoms with Gasteiger partial charge in [-0.15, -0.1) is 0 Å². The molecule has 2 unspecified atom stereocenters. The van der Waals surface area contributed by atoms with Crippen LogP contribution in [-0.2, 0) is 0 Å². The number of hydrogen-bond acceptors (Lipinski definition) is 2. The highest BCUT2D eigenvalue weighted by atomic mass is 35.5. The lowest BCUT2D eigenvalue weighted by Gasteiger charge is -2.39. The molecule has 3 N–H and O–H groups in total. The lowest BCUT2D eigenvalue weighted by atomic mass is 9.69. The zero-order valence-electron chi connectivity index (χ0n) is 11.6. The molecule has 20 heavy (non-hydrogen) atoms. The van der Waals surface area contributed by atoms with E-state index in [0.717, 1.165) is 5.56 Å². The molecule has 0 aliphatic heterocycles. The highest BCUT2D eigenvalue weighted by molar-refractivity contribution is 6.30. The van der Waals surface area contributed by atoms with Crippen LogP contribution in [0.15, 0.2) is 18.2 Å². The maximum atomic E-state index is 14.4. The predicted octanol–water partition coefficient (Wildman–Crippen LogP) is 3.44. The van der Waals surface area contributed by atoms with Gasteiger partial charge in [-0.3, -0.25) is 0 Å². The largest absolute Gasteiger partial charge is 0.329 e. The Morgan fingerprint density at radius 1 is 1.30 bits per heavy atom. The average molecular weight is 297 g/mol. The number of hydrogen-bond donors (Lipinski definition) is 2. The first-order valence-corrected chi connectivity index (χ1v) is 7.98. The van der Waals surface area contributed by atoms with Crippen LogP contribution in [0.3, 0.4) is 0 Å². The molecule has 0 spiro atoms. The molecule has 1 aromatic carbocycles. The second kappa shape index (κ2) is 6.00. The van der Waals surface area contributed by atoms with Crippen LogP contribution in [-0.4, -0.2) is 18.6 Å². The standard InChI is InChI=1S/C16H22ClFN2/c17-13-6-2-5-12(16(13)18)15(10-3-1-4-10)14(9-19)20-11-7-8-11/h2,5-6,10-11,14-15,20H,1,3-4,7-9,19H2. The zero-order valence-corrected chi connectivity index (χ0v) is 12.4. The molecule has 0 radical (unpaired) electrons. The molecule has 2 aliphatic carbocycles. The lowest BCUT2D eigenvalue weighted by molar-refractivity contribution is 0.216. The summed E-state index contributed by atoms with van der Waals surface area (Å²) in [5, 5.41) is 3.82. The molecule has 2 atom stereocenters. The summed E-state index contributed by atoms with van der Waals surface area (Å²) in [5.74, 6) is 0.415. The van der Waals surface area contributed by atoms with Gasteiger partial charge in [0.15, 0.2) is 0 Å². The van der Waals surface area contributed by atoms with Crippen molar-refractivity contribution < 1.29 is 4.39 Å². The first-order valence-electron chi connectivity index (χ1n) is 7.60. The number of rotatable bonds is 6. The Bertz CT molecular complexity index is 472. The SMILES string of the molecule is NCC(NC1CC1)C(c1cccc(Cl)c1F)C1CCC1. The summed E-state index contributed by atoms with van der Waals surface area (Å²) >= 11 is 5.96. The summed E-state index contributed by atoms with van der Waals surface area (Å²) < 4.78 is 14.4. The lowest BCUT2D eigenvalue weighted by Crippen LogP contribution is -2.46. The van der Waals surface area contributed by atoms with Gasteiger partial charge in [0, 0.05) is 24.5 Å². The molecule has 0 aromatic heterocycles. The van der Waals surface area contributed by atoms with Crippen LogP contribution < -0.4 is 11.1 Å². The molecule has 2 saturated carbocycles. The van der Waals surface area contributed by atoms with E-state index < -0.39 is 0 Å². The van der Waals surface area contributed by atoms with Crippen molar-refractivity contribution in [1.29, 1.82) is 0 Å². The second-order valence-electron chi connectivity index (χ2n) is 6.14. The minimum atomic E-state index is -0.262.